The van der Waals surface area contributed by atoms with E-state index in [0.29, 0.717) is 12.1 Å². The summed E-state index contributed by atoms with van der Waals surface area (Å²) in [6, 6.07) is 11.6. The summed E-state index contributed by atoms with van der Waals surface area (Å²) in [4.78, 5) is 16.0. The highest BCUT2D eigenvalue weighted by Gasteiger charge is 2.28. The molecule has 1 aliphatic rings. The van der Waals surface area contributed by atoms with E-state index in [1.807, 2.05) is 53.2 Å². The lowest BCUT2D eigenvalue weighted by molar-refractivity contribution is 0.0951. The molecule has 152 valence electrons. The molecule has 4 aromatic heterocycles. The molecule has 9 heteroatoms. The van der Waals surface area contributed by atoms with Crippen molar-refractivity contribution in [2.24, 2.45) is 0 Å². The lowest BCUT2D eigenvalue weighted by atomic mass is 10.1. The normalized spacial score (nSPS) is 16.3. The van der Waals surface area contributed by atoms with Crippen LogP contribution in [0.25, 0.3) is 5.65 Å². The molecule has 0 aliphatic carbocycles. The number of pyridine rings is 1. The molecule has 8 nitrogen and oxygen atoms in total. The van der Waals surface area contributed by atoms with Crippen molar-refractivity contribution in [3.05, 3.63) is 69.9 Å². The largest absolute Gasteiger partial charge is 0.354 e. The standard InChI is InChI=1S/C21H21N7OS/c1-14-4-6-18(24-23-14)27-9-8-15(12-27)20-26-25-19-7-5-16(13-28(19)20)21(29)22-11-17-3-2-10-30-17/h2-7,10,13,15H,8-9,11-12H2,1H3,(H,22,29). The Labute approximate surface area is 177 Å². The number of nitrogens with zero attached hydrogens (tertiary/aromatic N) is 6. The third-order valence-electron chi connectivity index (χ3n) is 5.36. The van der Waals surface area contributed by atoms with Gasteiger partial charge in [-0.15, -0.1) is 26.6 Å². The topological polar surface area (TPSA) is 88.3 Å². The summed E-state index contributed by atoms with van der Waals surface area (Å²) in [7, 11) is 0. The minimum atomic E-state index is -0.104. The Morgan fingerprint density at radius 3 is 2.90 bits per heavy atom. The minimum absolute atomic E-state index is 0.104. The van der Waals surface area contributed by atoms with Gasteiger partial charge in [-0.25, -0.2) is 0 Å². The van der Waals surface area contributed by atoms with E-state index in [1.165, 1.54) is 0 Å². The van der Waals surface area contributed by atoms with Gasteiger partial charge in [-0.1, -0.05) is 6.07 Å². The summed E-state index contributed by atoms with van der Waals surface area (Å²) < 4.78 is 1.94. The highest BCUT2D eigenvalue weighted by molar-refractivity contribution is 7.09. The molecule has 0 bridgehead atoms. The van der Waals surface area contributed by atoms with Crippen LogP contribution in [0, 0.1) is 6.92 Å². The maximum atomic E-state index is 12.6. The second-order valence-corrected chi connectivity index (χ2v) is 8.46. The van der Waals surface area contributed by atoms with Crippen molar-refractivity contribution in [3.8, 4) is 0 Å². The van der Waals surface area contributed by atoms with Crippen LogP contribution >= 0.6 is 11.3 Å². The van der Waals surface area contributed by atoms with E-state index in [9.17, 15) is 4.79 Å². The maximum Gasteiger partial charge on any atom is 0.253 e. The Morgan fingerprint density at radius 1 is 1.17 bits per heavy atom. The number of hydrogen-bond acceptors (Lipinski definition) is 7. The van der Waals surface area contributed by atoms with Crippen molar-refractivity contribution in [1.29, 1.82) is 0 Å². The lowest BCUT2D eigenvalue weighted by Gasteiger charge is -2.16. The zero-order chi connectivity index (χ0) is 20.5. The van der Waals surface area contributed by atoms with Gasteiger partial charge in [0.25, 0.3) is 5.91 Å². The Hall–Kier alpha value is -3.33. The lowest BCUT2D eigenvalue weighted by Crippen LogP contribution is -2.23. The number of aromatic nitrogens is 5. The number of nitrogens with one attached hydrogen (secondary N) is 1. The van der Waals surface area contributed by atoms with Crippen LogP contribution in [0.2, 0.25) is 0 Å². The van der Waals surface area contributed by atoms with Gasteiger partial charge in [-0.05, 0) is 49.1 Å². The number of thiophene rings is 1. The number of anilines is 1. The molecule has 0 radical (unpaired) electrons. The Kier molecular flexibility index (Phi) is 4.88. The maximum absolute atomic E-state index is 12.6. The molecule has 1 aliphatic heterocycles. The number of carbonyl (C=O) groups excluding carboxylic acids is 1. The molecule has 5 rings (SSSR count). The van der Waals surface area contributed by atoms with Gasteiger partial charge in [-0.3, -0.25) is 9.20 Å². The van der Waals surface area contributed by atoms with Gasteiger partial charge < -0.3 is 10.2 Å². The molecule has 30 heavy (non-hydrogen) atoms. The molecule has 1 unspecified atom stereocenters. The zero-order valence-electron chi connectivity index (χ0n) is 16.5. The van der Waals surface area contributed by atoms with E-state index in [2.05, 4.69) is 30.6 Å². The van der Waals surface area contributed by atoms with E-state index in [4.69, 9.17) is 0 Å². The third kappa shape index (κ3) is 3.63. The highest BCUT2D eigenvalue weighted by atomic mass is 32.1. The van der Waals surface area contributed by atoms with Gasteiger partial charge in [0.1, 0.15) is 5.82 Å². The monoisotopic (exact) mass is 419 g/mol. The van der Waals surface area contributed by atoms with Crippen LogP contribution < -0.4 is 10.2 Å². The van der Waals surface area contributed by atoms with Crippen LogP contribution in [0.5, 0.6) is 0 Å². The second-order valence-electron chi connectivity index (χ2n) is 7.43. The van der Waals surface area contributed by atoms with Crippen molar-refractivity contribution in [3.63, 3.8) is 0 Å². The first-order valence-electron chi connectivity index (χ1n) is 9.88. The fourth-order valence-corrected chi connectivity index (χ4v) is 4.39. The average Bonchev–Trinajstić information content (AvgIpc) is 3.52. The van der Waals surface area contributed by atoms with Gasteiger partial charge in [0.05, 0.1) is 17.8 Å². The number of carbonyl (C=O) groups is 1. The average molecular weight is 420 g/mol. The zero-order valence-corrected chi connectivity index (χ0v) is 17.3. The molecule has 1 atom stereocenters. The summed E-state index contributed by atoms with van der Waals surface area (Å²) in [5.41, 5.74) is 2.25. The molecule has 1 fully saturated rings. The first-order chi connectivity index (χ1) is 14.7. The molecule has 0 saturated carbocycles. The first kappa shape index (κ1) is 18.7. The molecule has 5 heterocycles. The van der Waals surface area contributed by atoms with Crippen LogP contribution in [0.15, 0.2) is 48.0 Å². The highest BCUT2D eigenvalue weighted by Crippen LogP contribution is 2.29. The van der Waals surface area contributed by atoms with Crippen LogP contribution in [0.4, 0.5) is 5.82 Å². The molecule has 1 N–H and O–H groups in total. The molecule has 0 aromatic carbocycles. The predicted octanol–water partition coefficient (Wildman–Crippen LogP) is 2.81. The van der Waals surface area contributed by atoms with Gasteiger partial charge >= 0.3 is 0 Å². The minimum Gasteiger partial charge on any atom is -0.354 e. The van der Waals surface area contributed by atoms with Gasteiger partial charge in [0, 0.05) is 30.1 Å². The summed E-state index contributed by atoms with van der Waals surface area (Å²) in [5.74, 6) is 1.87. The molecule has 4 aromatic rings. The number of amides is 1. The molecule has 0 spiro atoms. The van der Waals surface area contributed by atoms with Crippen molar-refractivity contribution < 1.29 is 4.79 Å². The second kappa shape index (κ2) is 7.83. The van der Waals surface area contributed by atoms with E-state index >= 15 is 0 Å². The quantitative estimate of drug-likeness (QED) is 0.535. The number of rotatable bonds is 5. The van der Waals surface area contributed by atoms with Gasteiger partial charge in [0.15, 0.2) is 11.5 Å². The van der Waals surface area contributed by atoms with Crippen molar-refractivity contribution in [2.45, 2.75) is 25.8 Å². The molecule has 1 amide bonds. The van der Waals surface area contributed by atoms with Crippen molar-refractivity contribution >= 4 is 28.7 Å². The molecular weight excluding hydrogens is 398 g/mol. The molecule has 1 saturated heterocycles. The first-order valence-corrected chi connectivity index (χ1v) is 10.8. The Morgan fingerprint density at radius 2 is 2.10 bits per heavy atom. The van der Waals surface area contributed by atoms with Crippen molar-refractivity contribution in [1.82, 2.24) is 30.1 Å². The Balaban J connectivity index is 1.34. The third-order valence-corrected chi connectivity index (χ3v) is 6.23. The van der Waals surface area contributed by atoms with E-state index in [1.54, 1.807) is 17.4 Å². The van der Waals surface area contributed by atoms with E-state index in [-0.39, 0.29) is 11.8 Å². The predicted molar refractivity (Wildman–Crippen MR) is 115 cm³/mol. The number of aryl methyl sites for hydroxylation is 1. The van der Waals surface area contributed by atoms with Gasteiger partial charge in [-0.2, -0.15) is 5.10 Å². The van der Waals surface area contributed by atoms with Crippen LogP contribution in [0.3, 0.4) is 0 Å². The van der Waals surface area contributed by atoms with Crippen LogP contribution in [-0.4, -0.2) is 43.8 Å². The summed E-state index contributed by atoms with van der Waals surface area (Å²) in [6.45, 7) is 4.14. The summed E-state index contributed by atoms with van der Waals surface area (Å²) in [6.07, 6.45) is 2.79. The fraction of sp³-hybridized carbons (Fsp3) is 0.286. The van der Waals surface area contributed by atoms with E-state index in [0.717, 1.165) is 47.4 Å². The number of fused-ring (bicyclic) bond motifs is 1. The number of hydrogen-bond donors (Lipinski definition) is 1. The SMILES string of the molecule is Cc1ccc(N2CCC(c3nnc4ccc(C(=O)NCc5cccs5)cn34)C2)nn1. The van der Waals surface area contributed by atoms with Crippen molar-refractivity contribution in [2.75, 3.05) is 18.0 Å². The summed E-state index contributed by atoms with van der Waals surface area (Å²) >= 11 is 1.63. The van der Waals surface area contributed by atoms with E-state index < -0.39 is 0 Å². The summed E-state index contributed by atoms with van der Waals surface area (Å²) in [5, 5.41) is 22.2. The fourth-order valence-electron chi connectivity index (χ4n) is 3.74. The van der Waals surface area contributed by atoms with Crippen LogP contribution in [-0.2, 0) is 6.54 Å². The van der Waals surface area contributed by atoms with Crippen LogP contribution in [0.1, 0.15) is 39.1 Å². The van der Waals surface area contributed by atoms with Gasteiger partial charge in [0.2, 0.25) is 0 Å². The Bertz CT molecular complexity index is 1170. The molecular formula is C21H21N7OS. The smallest absolute Gasteiger partial charge is 0.253 e.